The molecule has 1 aromatic rings. The molecule has 4 rings (SSSR count). The number of amides is 1. The van der Waals surface area contributed by atoms with Gasteiger partial charge in [-0.25, -0.2) is 0 Å². The zero-order valence-electron chi connectivity index (χ0n) is 20.0. The minimum Gasteiger partial charge on any atom is -0.388 e. The van der Waals surface area contributed by atoms with Crippen LogP contribution in [0.4, 0.5) is 0 Å². The highest BCUT2D eigenvalue weighted by atomic mass is 16.3. The van der Waals surface area contributed by atoms with E-state index in [2.05, 4.69) is 11.9 Å². The number of rotatable bonds is 2. The van der Waals surface area contributed by atoms with Gasteiger partial charge in [0.05, 0.1) is 17.6 Å². The van der Waals surface area contributed by atoms with Gasteiger partial charge in [-0.1, -0.05) is 69.0 Å². The maximum Gasteiger partial charge on any atom is 0.230 e. The maximum absolute atomic E-state index is 13.8. The van der Waals surface area contributed by atoms with Crippen molar-refractivity contribution in [3.8, 4) is 0 Å². The number of Topliss-reactive ketones (excluding diaryl/α,β-unsaturated/α-hetero) is 1. The molecule has 1 aliphatic heterocycles. The summed E-state index contributed by atoms with van der Waals surface area (Å²) < 4.78 is 0. The van der Waals surface area contributed by atoms with Crippen molar-refractivity contribution < 1.29 is 24.9 Å². The fourth-order valence-electron chi connectivity index (χ4n) is 6.39. The number of aliphatic hydroxyl groups excluding tert-OH is 2. The molecule has 1 saturated heterocycles. The van der Waals surface area contributed by atoms with Gasteiger partial charge >= 0.3 is 0 Å². The van der Waals surface area contributed by atoms with E-state index in [1.54, 1.807) is 19.1 Å². The van der Waals surface area contributed by atoms with E-state index in [1.807, 2.05) is 37.3 Å². The Morgan fingerprint density at radius 1 is 1.12 bits per heavy atom. The van der Waals surface area contributed by atoms with E-state index in [9.17, 15) is 24.9 Å². The van der Waals surface area contributed by atoms with Crippen molar-refractivity contribution in [3.05, 3.63) is 72.4 Å². The molecule has 1 spiro atoms. The zero-order chi connectivity index (χ0) is 24.8. The first-order valence-electron chi connectivity index (χ1n) is 12.0. The van der Waals surface area contributed by atoms with Crippen LogP contribution in [0.15, 0.2) is 66.8 Å². The highest BCUT2D eigenvalue weighted by Gasteiger charge is 2.67. The fourth-order valence-corrected chi connectivity index (χ4v) is 6.39. The number of benzene rings is 1. The smallest absolute Gasteiger partial charge is 0.230 e. The van der Waals surface area contributed by atoms with E-state index in [1.165, 1.54) is 19.1 Å². The third-order valence-electron chi connectivity index (χ3n) is 8.26. The summed E-state index contributed by atoms with van der Waals surface area (Å²) in [7, 11) is 0. The number of carbonyl (C=O) groups excluding carboxylic acids is 2. The molecule has 1 aromatic carbocycles. The van der Waals surface area contributed by atoms with Crippen LogP contribution in [0.2, 0.25) is 0 Å². The molecule has 1 amide bonds. The fraction of sp³-hybridized carbons (Fsp3) is 0.500. The van der Waals surface area contributed by atoms with Crippen LogP contribution in [0.5, 0.6) is 0 Å². The lowest BCUT2D eigenvalue weighted by molar-refractivity contribution is -0.147. The third-order valence-corrected chi connectivity index (χ3v) is 8.26. The molecule has 4 N–H and O–H groups in total. The Hall–Kier alpha value is -2.54. The van der Waals surface area contributed by atoms with Crippen molar-refractivity contribution >= 4 is 11.7 Å². The molecule has 0 radical (unpaired) electrons. The van der Waals surface area contributed by atoms with Crippen LogP contribution in [-0.4, -0.2) is 50.9 Å². The lowest BCUT2D eigenvalue weighted by Gasteiger charge is -2.51. The van der Waals surface area contributed by atoms with Gasteiger partial charge in [-0.15, -0.1) is 0 Å². The predicted molar refractivity (Wildman–Crippen MR) is 129 cm³/mol. The summed E-state index contributed by atoms with van der Waals surface area (Å²) >= 11 is 0. The van der Waals surface area contributed by atoms with Gasteiger partial charge in [0, 0.05) is 23.8 Å². The summed E-state index contributed by atoms with van der Waals surface area (Å²) in [6, 6.07) is 9.57. The van der Waals surface area contributed by atoms with Crippen molar-refractivity contribution in [2.75, 3.05) is 0 Å². The number of carbonyl (C=O) groups is 2. The summed E-state index contributed by atoms with van der Waals surface area (Å²) in [5, 5.41) is 36.8. The second-order valence-corrected chi connectivity index (χ2v) is 10.4. The molecule has 2 aliphatic carbocycles. The summed E-state index contributed by atoms with van der Waals surface area (Å²) in [6.45, 7) is 9.24. The quantitative estimate of drug-likeness (QED) is 0.502. The van der Waals surface area contributed by atoms with Gasteiger partial charge in [0.1, 0.15) is 5.60 Å². The molecular formula is C28H35NO5. The molecule has 2 fully saturated rings. The van der Waals surface area contributed by atoms with E-state index >= 15 is 0 Å². The van der Waals surface area contributed by atoms with Crippen LogP contribution in [0.3, 0.4) is 0 Å². The van der Waals surface area contributed by atoms with Gasteiger partial charge in [0.2, 0.25) is 5.91 Å². The number of hydrogen-bond donors (Lipinski definition) is 4. The Morgan fingerprint density at radius 3 is 2.47 bits per heavy atom. The average Bonchev–Trinajstić information content (AvgIpc) is 3.09. The van der Waals surface area contributed by atoms with Crippen molar-refractivity contribution in [1.29, 1.82) is 0 Å². The Labute approximate surface area is 201 Å². The van der Waals surface area contributed by atoms with Gasteiger partial charge in [-0.2, -0.15) is 0 Å². The molecule has 0 aromatic heterocycles. The van der Waals surface area contributed by atoms with E-state index in [0.717, 1.165) is 5.56 Å². The van der Waals surface area contributed by atoms with Gasteiger partial charge in [0.15, 0.2) is 5.78 Å². The number of aliphatic hydroxyl groups is 3. The van der Waals surface area contributed by atoms with Gasteiger partial charge in [-0.3, -0.25) is 9.59 Å². The minimum atomic E-state index is -1.78. The SMILES string of the molecule is C=C1[C@@H](O)C2/C=C/C[C@H](C)C(=O)[C@](C)(O)/C=C/C(O)[C@]23C(=O)N[C@@H](Cc2ccccc2)[C@@H]3[C@@H]1C. The first kappa shape index (κ1) is 24.6. The van der Waals surface area contributed by atoms with Crippen LogP contribution < -0.4 is 5.32 Å². The molecule has 3 aliphatic rings. The van der Waals surface area contributed by atoms with Gasteiger partial charge in [0.25, 0.3) is 0 Å². The average molecular weight is 466 g/mol. The molecule has 9 atom stereocenters. The molecule has 6 nitrogen and oxygen atoms in total. The Bertz CT molecular complexity index is 1030. The first-order chi connectivity index (χ1) is 16.0. The van der Waals surface area contributed by atoms with Crippen LogP contribution >= 0.6 is 0 Å². The maximum atomic E-state index is 13.8. The normalized spacial score (nSPS) is 44.4. The molecule has 1 saturated carbocycles. The largest absolute Gasteiger partial charge is 0.388 e. The van der Waals surface area contributed by atoms with Crippen LogP contribution in [0.1, 0.15) is 32.8 Å². The lowest BCUT2D eigenvalue weighted by atomic mass is 9.51. The van der Waals surface area contributed by atoms with Crippen LogP contribution in [0.25, 0.3) is 0 Å². The standard InChI is InChI=1S/C28H35NO5/c1-16-9-8-12-20-24(31)18(3)17(2)23-21(15-19-10-6-5-7-11-19)29-26(33)28(20,23)22(30)13-14-27(4,34)25(16)32/h5-8,10-14,16-17,20-24,30-31,34H,3,9,15H2,1-2,4H3,(H,29,33)/b12-8+,14-13+/t16-,17+,20?,21-,22?,23-,24+,27+,28+/m0/s1. The number of hydrogen-bond acceptors (Lipinski definition) is 5. The van der Waals surface area contributed by atoms with Crippen LogP contribution in [-0.2, 0) is 16.0 Å². The van der Waals surface area contributed by atoms with Crippen molar-refractivity contribution in [1.82, 2.24) is 5.32 Å². The molecule has 2 unspecified atom stereocenters. The minimum absolute atomic E-state index is 0.249. The van der Waals surface area contributed by atoms with E-state index in [0.29, 0.717) is 18.4 Å². The van der Waals surface area contributed by atoms with E-state index < -0.39 is 35.1 Å². The molecule has 1 heterocycles. The number of ketones is 1. The van der Waals surface area contributed by atoms with E-state index in [-0.39, 0.29) is 29.6 Å². The molecular weight excluding hydrogens is 430 g/mol. The van der Waals surface area contributed by atoms with Crippen molar-refractivity contribution in [2.45, 2.75) is 57.5 Å². The highest BCUT2D eigenvalue weighted by Crippen LogP contribution is 2.57. The summed E-state index contributed by atoms with van der Waals surface area (Å²) in [4.78, 5) is 26.6. The third kappa shape index (κ3) is 3.78. The molecule has 6 heteroatoms. The Morgan fingerprint density at radius 2 is 1.79 bits per heavy atom. The monoisotopic (exact) mass is 465 g/mol. The summed E-state index contributed by atoms with van der Waals surface area (Å²) in [5.74, 6) is -2.50. The van der Waals surface area contributed by atoms with E-state index in [4.69, 9.17) is 0 Å². The summed E-state index contributed by atoms with van der Waals surface area (Å²) in [6.07, 6.45) is 4.77. The molecule has 0 bridgehead atoms. The zero-order valence-corrected chi connectivity index (χ0v) is 20.0. The topological polar surface area (TPSA) is 107 Å². The second kappa shape index (κ2) is 8.91. The lowest BCUT2D eigenvalue weighted by Crippen LogP contribution is -2.59. The second-order valence-electron chi connectivity index (χ2n) is 10.4. The molecule has 34 heavy (non-hydrogen) atoms. The van der Waals surface area contributed by atoms with Crippen molar-refractivity contribution in [2.24, 2.45) is 29.1 Å². The van der Waals surface area contributed by atoms with Crippen molar-refractivity contribution in [3.63, 3.8) is 0 Å². The Balaban J connectivity index is 1.87. The molecule has 182 valence electrons. The summed E-state index contributed by atoms with van der Waals surface area (Å²) in [5.41, 5.74) is -1.46. The number of allylic oxidation sites excluding steroid dienone is 1. The highest BCUT2D eigenvalue weighted by molar-refractivity contribution is 5.91. The van der Waals surface area contributed by atoms with Gasteiger partial charge < -0.3 is 20.6 Å². The first-order valence-corrected chi connectivity index (χ1v) is 12.0. The number of nitrogens with one attached hydrogen (secondary N) is 1. The predicted octanol–water partition coefficient (Wildman–Crippen LogP) is 2.35. The Kier molecular flexibility index (Phi) is 6.44. The van der Waals surface area contributed by atoms with Crippen LogP contribution in [0, 0.1) is 29.1 Å². The van der Waals surface area contributed by atoms with Gasteiger partial charge in [-0.05, 0) is 42.9 Å².